The molecule has 0 atom stereocenters. The van der Waals surface area contributed by atoms with E-state index in [4.69, 9.17) is 14.2 Å². The third-order valence-electron chi connectivity index (χ3n) is 3.31. The minimum absolute atomic E-state index is 0.355. The molecule has 0 bridgehead atoms. The van der Waals surface area contributed by atoms with E-state index in [-0.39, 0.29) is 5.91 Å². The van der Waals surface area contributed by atoms with Crippen molar-refractivity contribution >= 4 is 28.1 Å². The summed E-state index contributed by atoms with van der Waals surface area (Å²) in [7, 11) is 3.13. The molecule has 1 N–H and O–H groups in total. The lowest BCUT2D eigenvalue weighted by molar-refractivity contribution is 0.0951. The van der Waals surface area contributed by atoms with Crippen molar-refractivity contribution in [1.82, 2.24) is 5.43 Å². The fourth-order valence-corrected chi connectivity index (χ4v) is 2.66. The van der Waals surface area contributed by atoms with Crippen LogP contribution in [-0.4, -0.2) is 32.9 Å². The second kappa shape index (κ2) is 9.08. The predicted molar refractivity (Wildman–Crippen MR) is 99.9 cm³/mol. The second-order valence-corrected chi connectivity index (χ2v) is 5.71. The molecule has 0 fully saturated rings. The number of nitrogens with one attached hydrogen (secondary N) is 1. The molecule has 0 aliphatic rings. The molecule has 0 radical (unpaired) electrons. The van der Waals surface area contributed by atoms with Crippen molar-refractivity contribution < 1.29 is 19.0 Å². The molecule has 0 aromatic heterocycles. The minimum atomic E-state index is -0.355. The van der Waals surface area contributed by atoms with E-state index in [2.05, 4.69) is 26.5 Å². The van der Waals surface area contributed by atoms with E-state index < -0.39 is 0 Å². The number of carbonyl (C=O) groups is 1. The van der Waals surface area contributed by atoms with Crippen molar-refractivity contribution in [2.75, 3.05) is 20.8 Å². The van der Waals surface area contributed by atoms with Gasteiger partial charge in [0.15, 0.2) is 0 Å². The van der Waals surface area contributed by atoms with E-state index in [1.54, 1.807) is 44.6 Å². The average molecular weight is 407 g/mol. The Morgan fingerprint density at radius 2 is 1.88 bits per heavy atom. The van der Waals surface area contributed by atoms with Gasteiger partial charge in [0.1, 0.15) is 17.2 Å². The smallest absolute Gasteiger partial charge is 0.275 e. The van der Waals surface area contributed by atoms with Gasteiger partial charge in [-0.25, -0.2) is 5.43 Å². The van der Waals surface area contributed by atoms with Crippen molar-refractivity contribution in [3.05, 3.63) is 52.0 Å². The number of amides is 1. The maximum atomic E-state index is 12.3. The Kier molecular flexibility index (Phi) is 6.82. The second-order valence-electron chi connectivity index (χ2n) is 4.86. The van der Waals surface area contributed by atoms with Crippen LogP contribution in [0.3, 0.4) is 0 Å². The molecule has 0 aliphatic heterocycles. The molecular weight excluding hydrogens is 388 g/mol. The first-order chi connectivity index (χ1) is 12.1. The number of rotatable bonds is 7. The molecule has 0 aliphatic carbocycles. The Hall–Kier alpha value is -2.54. The van der Waals surface area contributed by atoms with Crippen LogP contribution in [0.25, 0.3) is 0 Å². The fourth-order valence-electron chi connectivity index (χ4n) is 2.14. The molecule has 6 nitrogen and oxygen atoms in total. The van der Waals surface area contributed by atoms with Crippen LogP contribution >= 0.6 is 15.9 Å². The molecule has 0 saturated heterocycles. The number of ether oxygens (including phenoxy) is 3. The summed E-state index contributed by atoms with van der Waals surface area (Å²) in [6, 6.07) is 10.5. The normalized spacial score (nSPS) is 10.6. The number of halogens is 1. The van der Waals surface area contributed by atoms with Crippen LogP contribution < -0.4 is 19.6 Å². The summed E-state index contributed by atoms with van der Waals surface area (Å²) < 4.78 is 16.7. The highest BCUT2D eigenvalue weighted by atomic mass is 79.9. The Morgan fingerprint density at radius 1 is 1.16 bits per heavy atom. The zero-order chi connectivity index (χ0) is 18.2. The Bertz CT molecular complexity index is 778. The van der Waals surface area contributed by atoms with Gasteiger partial charge < -0.3 is 14.2 Å². The zero-order valence-corrected chi connectivity index (χ0v) is 15.8. The Labute approximate surface area is 154 Å². The van der Waals surface area contributed by atoms with Crippen molar-refractivity contribution in [1.29, 1.82) is 0 Å². The van der Waals surface area contributed by atoms with E-state index in [1.165, 1.54) is 6.21 Å². The van der Waals surface area contributed by atoms with Crippen LogP contribution in [0.4, 0.5) is 0 Å². The maximum Gasteiger partial charge on any atom is 0.275 e. The molecule has 2 aromatic rings. The van der Waals surface area contributed by atoms with Gasteiger partial charge in [-0.1, -0.05) is 12.1 Å². The van der Waals surface area contributed by atoms with Gasteiger partial charge in [0.2, 0.25) is 0 Å². The molecule has 1 amide bonds. The van der Waals surface area contributed by atoms with Gasteiger partial charge in [0, 0.05) is 11.6 Å². The van der Waals surface area contributed by atoms with E-state index in [1.807, 2.05) is 13.0 Å². The molecule has 0 saturated carbocycles. The number of nitrogens with zero attached hydrogens (tertiary/aromatic N) is 1. The monoisotopic (exact) mass is 406 g/mol. The van der Waals surface area contributed by atoms with Gasteiger partial charge >= 0.3 is 0 Å². The summed E-state index contributed by atoms with van der Waals surface area (Å²) in [6.07, 6.45) is 1.50. The predicted octanol–water partition coefficient (Wildman–Crippen LogP) is 3.63. The van der Waals surface area contributed by atoms with Crippen LogP contribution in [0.1, 0.15) is 22.8 Å². The largest absolute Gasteiger partial charge is 0.496 e. The molecule has 0 spiro atoms. The fraction of sp³-hybridized carbons (Fsp3) is 0.222. The van der Waals surface area contributed by atoms with E-state index in [0.717, 1.165) is 4.47 Å². The van der Waals surface area contributed by atoms with E-state index in [9.17, 15) is 4.79 Å². The van der Waals surface area contributed by atoms with E-state index >= 15 is 0 Å². The van der Waals surface area contributed by atoms with Crippen molar-refractivity contribution in [2.45, 2.75) is 6.92 Å². The van der Waals surface area contributed by atoms with Crippen LogP contribution in [0.5, 0.6) is 17.2 Å². The third-order valence-corrected chi connectivity index (χ3v) is 3.93. The molecule has 0 unspecified atom stereocenters. The number of para-hydroxylation sites is 1. The average Bonchev–Trinajstić information content (AvgIpc) is 2.62. The summed E-state index contributed by atoms with van der Waals surface area (Å²) in [6.45, 7) is 2.34. The van der Waals surface area contributed by atoms with Gasteiger partial charge in [0.25, 0.3) is 5.91 Å². The first kappa shape index (κ1) is 18.8. The summed E-state index contributed by atoms with van der Waals surface area (Å²) in [4.78, 5) is 12.3. The number of hydrazone groups is 1. The number of methoxy groups -OCH3 is 2. The summed E-state index contributed by atoms with van der Waals surface area (Å²) in [5, 5.41) is 4.00. The molecule has 0 heterocycles. The number of carbonyl (C=O) groups excluding carboxylic acids is 1. The highest BCUT2D eigenvalue weighted by Gasteiger charge is 2.11. The lowest BCUT2D eigenvalue weighted by Gasteiger charge is -2.10. The maximum absolute atomic E-state index is 12.3. The molecule has 25 heavy (non-hydrogen) atoms. The molecule has 7 heteroatoms. The minimum Gasteiger partial charge on any atom is -0.496 e. The third kappa shape index (κ3) is 4.73. The van der Waals surface area contributed by atoms with E-state index in [0.29, 0.717) is 35.0 Å². The molecular formula is C18H19BrN2O4. The Morgan fingerprint density at radius 3 is 2.56 bits per heavy atom. The number of hydrogen-bond acceptors (Lipinski definition) is 5. The SMILES string of the molecule is CCOc1ccccc1C(=O)N/N=C/c1cc(Br)c(OC)cc1OC. The lowest BCUT2D eigenvalue weighted by Crippen LogP contribution is -2.18. The summed E-state index contributed by atoms with van der Waals surface area (Å²) >= 11 is 3.41. The van der Waals surface area contributed by atoms with Crippen LogP contribution in [0.2, 0.25) is 0 Å². The van der Waals surface area contributed by atoms with Crippen LogP contribution in [0, 0.1) is 0 Å². The summed E-state index contributed by atoms with van der Waals surface area (Å²) in [5.41, 5.74) is 3.60. The van der Waals surface area contributed by atoms with Crippen molar-refractivity contribution in [3.8, 4) is 17.2 Å². The molecule has 2 aromatic carbocycles. The first-order valence-corrected chi connectivity index (χ1v) is 8.36. The number of hydrogen-bond donors (Lipinski definition) is 1. The first-order valence-electron chi connectivity index (χ1n) is 7.57. The van der Waals surface area contributed by atoms with Crippen molar-refractivity contribution in [2.24, 2.45) is 5.10 Å². The zero-order valence-electron chi connectivity index (χ0n) is 14.2. The molecule has 2 rings (SSSR count). The van der Waals surface area contributed by atoms with Gasteiger partial charge in [-0.05, 0) is 41.1 Å². The van der Waals surface area contributed by atoms with Gasteiger partial charge in [-0.3, -0.25) is 4.79 Å². The quantitative estimate of drug-likeness (QED) is 0.562. The highest BCUT2D eigenvalue weighted by molar-refractivity contribution is 9.10. The Balaban J connectivity index is 2.16. The lowest BCUT2D eigenvalue weighted by atomic mass is 10.2. The topological polar surface area (TPSA) is 69.2 Å². The molecule has 132 valence electrons. The van der Waals surface area contributed by atoms with Crippen LogP contribution in [0.15, 0.2) is 46.0 Å². The summed E-state index contributed by atoms with van der Waals surface area (Å²) in [5.74, 6) is 1.38. The highest BCUT2D eigenvalue weighted by Crippen LogP contribution is 2.31. The van der Waals surface area contributed by atoms with Gasteiger partial charge in [0.05, 0.1) is 37.1 Å². The van der Waals surface area contributed by atoms with Gasteiger partial charge in [-0.15, -0.1) is 0 Å². The standard InChI is InChI=1S/C18H19BrN2O4/c1-4-25-15-8-6-5-7-13(15)18(22)21-20-11-12-9-14(19)17(24-3)10-16(12)23-2/h5-11H,4H2,1-3H3,(H,21,22)/b20-11+. The van der Waals surface area contributed by atoms with Crippen molar-refractivity contribution in [3.63, 3.8) is 0 Å². The van der Waals surface area contributed by atoms with Gasteiger partial charge in [-0.2, -0.15) is 5.10 Å². The number of benzene rings is 2. The van der Waals surface area contributed by atoms with Crippen LogP contribution in [-0.2, 0) is 0 Å².